The molecule has 3 nitrogen and oxygen atoms in total. The van der Waals surface area contributed by atoms with E-state index in [9.17, 15) is 0 Å². The molecular weight excluding hydrogens is 260 g/mol. The van der Waals surface area contributed by atoms with Crippen molar-refractivity contribution in [3.05, 3.63) is 48.0 Å². The van der Waals surface area contributed by atoms with E-state index in [0.717, 1.165) is 40.1 Å². The van der Waals surface area contributed by atoms with E-state index in [-0.39, 0.29) is 0 Å². The molecule has 0 saturated heterocycles. The zero-order valence-corrected chi connectivity index (χ0v) is 12.7. The molecule has 2 aromatic carbocycles. The maximum Gasteiger partial charge on any atom is 0.119 e. The molecule has 0 aliphatic rings. The third-order valence-electron chi connectivity index (χ3n) is 3.95. The number of hydrogen-bond acceptors (Lipinski definition) is 2. The van der Waals surface area contributed by atoms with Crippen molar-refractivity contribution in [3.63, 3.8) is 0 Å². The van der Waals surface area contributed by atoms with E-state index in [1.165, 1.54) is 5.56 Å². The van der Waals surface area contributed by atoms with Crippen LogP contribution in [0.2, 0.25) is 0 Å². The fraction of sp³-hybridized carbons (Fsp3) is 0.222. The molecule has 108 valence electrons. The van der Waals surface area contributed by atoms with Crippen LogP contribution in [0.1, 0.15) is 12.5 Å². The molecule has 0 atom stereocenters. The summed E-state index contributed by atoms with van der Waals surface area (Å²) < 4.78 is 7.58. The van der Waals surface area contributed by atoms with Crippen LogP contribution in [0.5, 0.6) is 5.75 Å². The second kappa shape index (κ2) is 5.17. The van der Waals surface area contributed by atoms with Crippen LogP contribution in [0.15, 0.2) is 42.5 Å². The Hall–Kier alpha value is -2.42. The molecule has 0 aliphatic carbocycles. The Morgan fingerprint density at radius 2 is 1.81 bits per heavy atom. The molecular formula is C18H20N2O. The van der Waals surface area contributed by atoms with Gasteiger partial charge in [-0.15, -0.1) is 0 Å². The highest BCUT2D eigenvalue weighted by molar-refractivity contribution is 6.01. The van der Waals surface area contributed by atoms with Gasteiger partial charge in [-0.3, -0.25) is 0 Å². The number of anilines is 1. The number of fused-ring (bicyclic) bond motifs is 1. The van der Waals surface area contributed by atoms with Gasteiger partial charge in [0.05, 0.1) is 24.0 Å². The fourth-order valence-corrected chi connectivity index (χ4v) is 2.84. The van der Waals surface area contributed by atoms with Gasteiger partial charge in [0.1, 0.15) is 5.75 Å². The number of nitrogens with two attached hydrogens (primary N) is 1. The molecule has 0 saturated carbocycles. The maximum atomic E-state index is 6.43. The van der Waals surface area contributed by atoms with E-state index < -0.39 is 0 Å². The third-order valence-corrected chi connectivity index (χ3v) is 3.95. The van der Waals surface area contributed by atoms with Gasteiger partial charge in [0.2, 0.25) is 0 Å². The lowest BCUT2D eigenvalue weighted by molar-refractivity contribution is 0.415. The highest BCUT2D eigenvalue weighted by Crippen LogP contribution is 2.37. The minimum absolute atomic E-state index is 0.814. The highest BCUT2D eigenvalue weighted by atomic mass is 16.5. The minimum atomic E-state index is 0.814. The summed E-state index contributed by atoms with van der Waals surface area (Å²) in [6.45, 7) is 5.11. The van der Waals surface area contributed by atoms with Crippen molar-refractivity contribution < 1.29 is 4.74 Å². The summed E-state index contributed by atoms with van der Waals surface area (Å²) in [7, 11) is 1.68. The summed E-state index contributed by atoms with van der Waals surface area (Å²) in [5.74, 6) is 0.831. The summed E-state index contributed by atoms with van der Waals surface area (Å²) in [4.78, 5) is 0. The third kappa shape index (κ3) is 2.15. The minimum Gasteiger partial charge on any atom is -0.497 e. The Bertz CT molecular complexity index is 785. The van der Waals surface area contributed by atoms with Crippen LogP contribution in [0.4, 0.5) is 5.69 Å². The van der Waals surface area contributed by atoms with Crippen LogP contribution in [-0.4, -0.2) is 11.7 Å². The second-order valence-corrected chi connectivity index (χ2v) is 5.26. The van der Waals surface area contributed by atoms with Gasteiger partial charge in [0.15, 0.2) is 0 Å². The lowest BCUT2D eigenvalue weighted by Crippen LogP contribution is -1.98. The van der Waals surface area contributed by atoms with Crippen molar-refractivity contribution in [1.29, 1.82) is 0 Å². The Kier molecular flexibility index (Phi) is 3.34. The summed E-state index contributed by atoms with van der Waals surface area (Å²) in [5.41, 5.74) is 11.9. The number of nitrogen functional groups attached to an aromatic ring is 1. The quantitative estimate of drug-likeness (QED) is 0.780. The molecule has 0 spiro atoms. The normalized spacial score (nSPS) is 11.0. The number of aromatic nitrogens is 1. The van der Waals surface area contributed by atoms with Gasteiger partial charge in [-0.25, -0.2) is 0 Å². The van der Waals surface area contributed by atoms with Gasteiger partial charge in [-0.1, -0.05) is 29.8 Å². The van der Waals surface area contributed by atoms with Gasteiger partial charge in [-0.05, 0) is 32.0 Å². The van der Waals surface area contributed by atoms with E-state index in [0.29, 0.717) is 0 Å². The van der Waals surface area contributed by atoms with E-state index in [2.05, 4.69) is 48.7 Å². The van der Waals surface area contributed by atoms with Crippen LogP contribution in [0, 0.1) is 6.92 Å². The first-order chi connectivity index (χ1) is 10.2. The number of benzene rings is 2. The lowest BCUT2D eigenvalue weighted by Gasteiger charge is -2.09. The summed E-state index contributed by atoms with van der Waals surface area (Å²) in [5, 5.41) is 1.05. The monoisotopic (exact) mass is 280 g/mol. The molecule has 3 aromatic rings. The van der Waals surface area contributed by atoms with Crippen LogP contribution < -0.4 is 10.5 Å². The first-order valence-electron chi connectivity index (χ1n) is 7.18. The molecule has 0 fully saturated rings. The molecule has 21 heavy (non-hydrogen) atoms. The number of aryl methyl sites for hydroxylation is 2. The zero-order chi connectivity index (χ0) is 15.0. The van der Waals surface area contributed by atoms with Crippen molar-refractivity contribution in [2.45, 2.75) is 20.4 Å². The predicted molar refractivity (Wildman–Crippen MR) is 88.7 cm³/mol. The van der Waals surface area contributed by atoms with Crippen molar-refractivity contribution >= 4 is 16.6 Å². The lowest BCUT2D eigenvalue weighted by atomic mass is 10.1. The average molecular weight is 280 g/mol. The molecule has 1 aromatic heterocycles. The molecule has 3 heteroatoms. The van der Waals surface area contributed by atoms with Crippen LogP contribution in [0.3, 0.4) is 0 Å². The predicted octanol–water partition coefficient (Wildman–Crippen LogP) is 4.23. The molecule has 3 rings (SSSR count). The summed E-state index contributed by atoms with van der Waals surface area (Å²) >= 11 is 0. The smallest absolute Gasteiger partial charge is 0.119 e. The standard InChI is InChI=1S/C18H20N2O/c1-4-20-16-10-9-14(21-3)11-15(16)17(19)18(20)13-7-5-12(2)6-8-13/h5-11H,4,19H2,1-3H3. The van der Waals surface area contributed by atoms with Gasteiger partial charge < -0.3 is 15.0 Å². The zero-order valence-electron chi connectivity index (χ0n) is 12.7. The van der Waals surface area contributed by atoms with Crippen molar-refractivity contribution in [2.24, 2.45) is 0 Å². The fourth-order valence-electron chi connectivity index (χ4n) is 2.84. The van der Waals surface area contributed by atoms with Crippen molar-refractivity contribution in [3.8, 4) is 17.0 Å². The number of rotatable bonds is 3. The molecule has 0 bridgehead atoms. The molecule has 0 unspecified atom stereocenters. The van der Waals surface area contributed by atoms with E-state index in [1.807, 2.05) is 12.1 Å². The Labute approximate surface area is 125 Å². The van der Waals surface area contributed by atoms with E-state index in [4.69, 9.17) is 10.5 Å². The summed E-state index contributed by atoms with van der Waals surface area (Å²) in [6, 6.07) is 14.6. The number of methoxy groups -OCH3 is 1. The van der Waals surface area contributed by atoms with Crippen LogP contribution in [-0.2, 0) is 6.54 Å². The molecule has 1 heterocycles. The first-order valence-corrected chi connectivity index (χ1v) is 7.18. The van der Waals surface area contributed by atoms with Crippen LogP contribution >= 0.6 is 0 Å². The van der Waals surface area contributed by atoms with Crippen molar-refractivity contribution in [2.75, 3.05) is 12.8 Å². The summed E-state index contributed by atoms with van der Waals surface area (Å²) in [6.07, 6.45) is 0. The van der Waals surface area contributed by atoms with Crippen LogP contribution in [0.25, 0.3) is 22.2 Å². The topological polar surface area (TPSA) is 40.2 Å². The average Bonchev–Trinajstić information content (AvgIpc) is 2.80. The largest absolute Gasteiger partial charge is 0.497 e. The van der Waals surface area contributed by atoms with Gasteiger partial charge in [-0.2, -0.15) is 0 Å². The molecule has 0 radical (unpaired) electrons. The molecule has 0 aliphatic heterocycles. The Morgan fingerprint density at radius 3 is 2.43 bits per heavy atom. The van der Waals surface area contributed by atoms with Gasteiger partial charge in [0.25, 0.3) is 0 Å². The Balaban J connectivity index is 2.31. The second-order valence-electron chi connectivity index (χ2n) is 5.26. The Morgan fingerprint density at radius 1 is 1.10 bits per heavy atom. The highest BCUT2D eigenvalue weighted by Gasteiger charge is 2.16. The van der Waals surface area contributed by atoms with Crippen molar-refractivity contribution in [1.82, 2.24) is 4.57 Å². The van der Waals surface area contributed by atoms with E-state index >= 15 is 0 Å². The number of ether oxygens (including phenoxy) is 1. The first kappa shape index (κ1) is 13.6. The SMILES string of the molecule is CCn1c(-c2ccc(C)cc2)c(N)c2cc(OC)ccc21. The van der Waals surface area contributed by atoms with E-state index in [1.54, 1.807) is 7.11 Å². The number of nitrogens with zero attached hydrogens (tertiary/aromatic N) is 1. The van der Waals surface area contributed by atoms with Gasteiger partial charge in [0, 0.05) is 17.5 Å². The molecule has 2 N–H and O–H groups in total. The van der Waals surface area contributed by atoms with Gasteiger partial charge >= 0.3 is 0 Å². The maximum absolute atomic E-state index is 6.43. The molecule has 0 amide bonds. The number of hydrogen-bond donors (Lipinski definition) is 1.